The van der Waals surface area contributed by atoms with Crippen molar-refractivity contribution >= 4 is 11.6 Å². The number of carbonyl (C=O) groups is 1. The topological polar surface area (TPSA) is 54.0 Å². The number of nitrogens with zero attached hydrogens (tertiary/aromatic N) is 1. The quantitative estimate of drug-likeness (QED) is 0.892. The van der Waals surface area contributed by atoms with Gasteiger partial charge < -0.3 is 10.6 Å². The van der Waals surface area contributed by atoms with Crippen molar-refractivity contribution < 1.29 is 18.0 Å². The van der Waals surface area contributed by atoms with Gasteiger partial charge in [0.15, 0.2) is 0 Å². The van der Waals surface area contributed by atoms with Gasteiger partial charge in [-0.1, -0.05) is 12.1 Å². The molecule has 0 spiro atoms. The van der Waals surface area contributed by atoms with E-state index in [1.807, 2.05) is 36.5 Å². The summed E-state index contributed by atoms with van der Waals surface area (Å²) in [5.74, 6) is -1.90. The summed E-state index contributed by atoms with van der Waals surface area (Å²) in [6, 6.07) is 9.58. The molecule has 3 rings (SSSR count). The van der Waals surface area contributed by atoms with Gasteiger partial charge in [-0.2, -0.15) is 13.2 Å². The van der Waals surface area contributed by atoms with Crippen LogP contribution in [-0.4, -0.2) is 29.7 Å². The number of pyridine rings is 1. The SMILES string of the molecule is Cc1cccnc1-c1ccc2c(c1)CCC(CNC(=O)C(F)(F)F)N2. The monoisotopic (exact) mass is 349 g/mol. The summed E-state index contributed by atoms with van der Waals surface area (Å²) in [5, 5.41) is 5.13. The fourth-order valence-corrected chi connectivity index (χ4v) is 2.97. The molecule has 7 heteroatoms. The van der Waals surface area contributed by atoms with Gasteiger partial charge in [0.2, 0.25) is 0 Å². The summed E-state index contributed by atoms with van der Waals surface area (Å²) in [6.45, 7) is 1.94. The number of halogens is 3. The Morgan fingerprint density at radius 1 is 1.36 bits per heavy atom. The number of anilines is 1. The van der Waals surface area contributed by atoms with Crippen LogP contribution in [0.4, 0.5) is 18.9 Å². The van der Waals surface area contributed by atoms with Crippen LogP contribution >= 0.6 is 0 Å². The molecule has 0 saturated heterocycles. The summed E-state index contributed by atoms with van der Waals surface area (Å²) < 4.78 is 36.7. The number of amides is 1. The summed E-state index contributed by atoms with van der Waals surface area (Å²) in [6.07, 6.45) is -1.72. The number of alkyl halides is 3. The predicted molar refractivity (Wildman–Crippen MR) is 89.2 cm³/mol. The molecule has 0 aliphatic carbocycles. The first-order chi connectivity index (χ1) is 11.8. The zero-order valence-electron chi connectivity index (χ0n) is 13.7. The van der Waals surface area contributed by atoms with E-state index in [2.05, 4.69) is 16.4 Å². The van der Waals surface area contributed by atoms with Crippen molar-refractivity contribution in [1.82, 2.24) is 10.3 Å². The van der Waals surface area contributed by atoms with E-state index in [4.69, 9.17) is 0 Å². The van der Waals surface area contributed by atoms with E-state index in [-0.39, 0.29) is 12.6 Å². The van der Waals surface area contributed by atoms with E-state index in [1.54, 1.807) is 6.20 Å². The van der Waals surface area contributed by atoms with Crippen molar-refractivity contribution in [2.45, 2.75) is 32.0 Å². The Morgan fingerprint density at radius 2 is 2.16 bits per heavy atom. The number of nitrogens with one attached hydrogen (secondary N) is 2. The molecule has 0 radical (unpaired) electrons. The maximum Gasteiger partial charge on any atom is 0.471 e. The highest BCUT2D eigenvalue weighted by Crippen LogP contribution is 2.30. The third-order valence-corrected chi connectivity index (χ3v) is 4.28. The largest absolute Gasteiger partial charge is 0.471 e. The van der Waals surface area contributed by atoms with Gasteiger partial charge in [0.1, 0.15) is 0 Å². The van der Waals surface area contributed by atoms with Gasteiger partial charge in [-0.05, 0) is 49.1 Å². The Bertz CT molecular complexity index is 789. The molecule has 1 aromatic carbocycles. The molecule has 1 atom stereocenters. The average molecular weight is 349 g/mol. The number of rotatable bonds is 3. The molecule has 1 amide bonds. The molecule has 25 heavy (non-hydrogen) atoms. The third-order valence-electron chi connectivity index (χ3n) is 4.28. The Kier molecular flexibility index (Phi) is 4.65. The molecule has 4 nitrogen and oxygen atoms in total. The molecule has 132 valence electrons. The van der Waals surface area contributed by atoms with Crippen molar-refractivity contribution in [2.24, 2.45) is 0 Å². The molecule has 1 aromatic heterocycles. The summed E-state index contributed by atoms with van der Waals surface area (Å²) >= 11 is 0. The second kappa shape index (κ2) is 6.74. The maximum absolute atomic E-state index is 12.2. The number of hydrogen-bond acceptors (Lipinski definition) is 3. The highest BCUT2D eigenvalue weighted by atomic mass is 19.4. The van der Waals surface area contributed by atoms with E-state index in [0.717, 1.165) is 34.5 Å². The predicted octanol–water partition coefficient (Wildman–Crippen LogP) is 3.46. The van der Waals surface area contributed by atoms with Gasteiger partial charge in [-0.15, -0.1) is 0 Å². The van der Waals surface area contributed by atoms with Crippen LogP contribution < -0.4 is 10.6 Å². The lowest BCUT2D eigenvalue weighted by atomic mass is 9.94. The smallest absolute Gasteiger partial charge is 0.380 e. The second-order valence-electron chi connectivity index (χ2n) is 6.13. The molecule has 2 heterocycles. The summed E-state index contributed by atoms with van der Waals surface area (Å²) in [5.41, 5.74) is 5.00. The van der Waals surface area contributed by atoms with Crippen LogP contribution in [0.15, 0.2) is 36.5 Å². The van der Waals surface area contributed by atoms with Crippen LogP contribution in [0.2, 0.25) is 0 Å². The van der Waals surface area contributed by atoms with Crippen molar-refractivity contribution in [1.29, 1.82) is 0 Å². The number of carbonyl (C=O) groups excluding carboxylic acids is 1. The maximum atomic E-state index is 12.2. The summed E-state index contributed by atoms with van der Waals surface area (Å²) in [4.78, 5) is 15.3. The van der Waals surface area contributed by atoms with Gasteiger partial charge in [0.25, 0.3) is 0 Å². The van der Waals surface area contributed by atoms with Crippen molar-refractivity contribution in [3.05, 3.63) is 47.7 Å². The van der Waals surface area contributed by atoms with E-state index in [1.165, 1.54) is 0 Å². The zero-order valence-corrected chi connectivity index (χ0v) is 13.7. The second-order valence-corrected chi connectivity index (χ2v) is 6.13. The molecule has 1 aliphatic rings. The molecule has 0 saturated carbocycles. The van der Waals surface area contributed by atoms with Gasteiger partial charge in [0, 0.05) is 30.0 Å². The van der Waals surface area contributed by atoms with E-state index in [0.29, 0.717) is 6.42 Å². The molecule has 1 aliphatic heterocycles. The fourth-order valence-electron chi connectivity index (χ4n) is 2.97. The van der Waals surface area contributed by atoms with Crippen LogP contribution in [0.25, 0.3) is 11.3 Å². The summed E-state index contributed by atoms with van der Waals surface area (Å²) in [7, 11) is 0. The first-order valence-corrected chi connectivity index (χ1v) is 8.01. The highest BCUT2D eigenvalue weighted by Gasteiger charge is 2.38. The minimum absolute atomic E-state index is 0.0567. The standard InChI is InChI=1S/C18H18F3N3O/c1-11-3-2-8-22-16(11)13-5-7-15-12(9-13)4-6-14(24-15)10-23-17(25)18(19,20)21/h2-3,5,7-9,14,24H,4,6,10H2,1H3,(H,23,25). The molecule has 0 fully saturated rings. The Morgan fingerprint density at radius 3 is 2.88 bits per heavy atom. The lowest BCUT2D eigenvalue weighted by Gasteiger charge is -2.28. The minimum atomic E-state index is -4.85. The molecule has 0 bridgehead atoms. The normalized spacial score (nSPS) is 16.7. The number of fused-ring (bicyclic) bond motifs is 1. The van der Waals surface area contributed by atoms with Gasteiger partial charge in [0.05, 0.1) is 5.69 Å². The Labute approximate surface area is 143 Å². The van der Waals surface area contributed by atoms with E-state index >= 15 is 0 Å². The Balaban J connectivity index is 1.69. The van der Waals surface area contributed by atoms with Crippen LogP contribution in [0, 0.1) is 6.92 Å². The molecule has 1 unspecified atom stereocenters. The lowest BCUT2D eigenvalue weighted by molar-refractivity contribution is -0.173. The first-order valence-electron chi connectivity index (χ1n) is 8.01. The first kappa shape index (κ1) is 17.3. The lowest BCUT2D eigenvalue weighted by Crippen LogP contribution is -2.43. The molecule has 2 N–H and O–H groups in total. The molecular weight excluding hydrogens is 331 g/mol. The van der Waals surface area contributed by atoms with E-state index < -0.39 is 12.1 Å². The van der Waals surface area contributed by atoms with E-state index in [9.17, 15) is 18.0 Å². The number of benzene rings is 1. The van der Waals surface area contributed by atoms with Gasteiger partial charge in [-0.25, -0.2) is 0 Å². The van der Waals surface area contributed by atoms with Crippen LogP contribution in [-0.2, 0) is 11.2 Å². The van der Waals surface area contributed by atoms with Crippen molar-refractivity contribution in [2.75, 3.05) is 11.9 Å². The number of aromatic nitrogens is 1. The van der Waals surface area contributed by atoms with Crippen LogP contribution in [0.5, 0.6) is 0 Å². The minimum Gasteiger partial charge on any atom is -0.380 e. The number of aryl methyl sites for hydroxylation is 2. The average Bonchev–Trinajstić information content (AvgIpc) is 2.58. The zero-order chi connectivity index (χ0) is 18.0. The van der Waals surface area contributed by atoms with Crippen LogP contribution in [0.1, 0.15) is 17.5 Å². The highest BCUT2D eigenvalue weighted by molar-refractivity contribution is 5.81. The molecule has 2 aromatic rings. The molecular formula is C18H18F3N3O. The Hall–Kier alpha value is -2.57. The van der Waals surface area contributed by atoms with Crippen molar-refractivity contribution in [3.63, 3.8) is 0 Å². The number of hydrogen-bond donors (Lipinski definition) is 2. The van der Waals surface area contributed by atoms with Crippen molar-refractivity contribution in [3.8, 4) is 11.3 Å². The van der Waals surface area contributed by atoms with Gasteiger partial charge in [-0.3, -0.25) is 9.78 Å². The third kappa shape index (κ3) is 3.92. The van der Waals surface area contributed by atoms with Crippen LogP contribution in [0.3, 0.4) is 0 Å². The fraction of sp³-hybridized carbons (Fsp3) is 0.333. The van der Waals surface area contributed by atoms with Gasteiger partial charge >= 0.3 is 12.1 Å².